The second-order valence-electron chi connectivity index (χ2n) is 7.02. The van der Waals surface area contributed by atoms with Gasteiger partial charge < -0.3 is 10.6 Å². The normalized spacial score (nSPS) is 24.4. The number of hydrogen-bond donors (Lipinski definition) is 2. The van der Waals surface area contributed by atoms with E-state index < -0.39 is 0 Å². The van der Waals surface area contributed by atoms with E-state index in [4.69, 9.17) is 11.6 Å². The van der Waals surface area contributed by atoms with Crippen LogP contribution in [0.15, 0.2) is 12.3 Å². The monoisotopic (exact) mass is 335 g/mol. The molecular formula is C18H26ClN3O. The molecule has 4 nitrogen and oxygen atoms in total. The van der Waals surface area contributed by atoms with Crippen LogP contribution < -0.4 is 10.6 Å². The van der Waals surface area contributed by atoms with Crippen LogP contribution in [-0.4, -0.2) is 30.9 Å². The molecule has 2 saturated carbocycles. The van der Waals surface area contributed by atoms with E-state index in [-0.39, 0.29) is 11.7 Å². The Hall–Kier alpha value is -1.13. The molecule has 0 aliphatic heterocycles. The molecule has 0 amide bonds. The zero-order valence-corrected chi connectivity index (χ0v) is 14.5. The molecule has 126 valence electrons. The highest BCUT2D eigenvalue weighted by Gasteiger charge is 2.32. The molecule has 0 bridgehead atoms. The lowest BCUT2D eigenvalue weighted by Gasteiger charge is -2.29. The summed E-state index contributed by atoms with van der Waals surface area (Å²) in [5.74, 6) is 1.92. The van der Waals surface area contributed by atoms with Gasteiger partial charge in [0.1, 0.15) is 5.15 Å². The molecule has 23 heavy (non-hydrogen) atoms. The number of carbonyl (C=O) groups excluding carboxylic acids is 1. The van der Waals surface area contributed by atoms with Crippen LogP contribution >= 0.6 is 11.6 Å². The summed E-state index contributed by atoms with van der Waals surface area (Å²) < 4.78 is 0. The average Bonchev–Trinajstić information content (AvgIpc) is 3.39. The van der Waals surface area contributed by atoms with Crippen molar-refractivity contribution in [3.63, 3.8) is 0 Å². The van der Waals surface area contributed by atoms with E-state index in [1.54, 1.807) is 12.3 Å². The molecule has 2 aliphatic carbocycles. The zero-order chi connectivity index (χ0) is 16.2. The number of hydrogen-bond acceptors (Lipinski definition) is 4. The van der Waals surface area contributed by atoms with Crippen LogP contribution in [0.25, 0.3) is 0 Å². The SMILES string of the molecule is CNCC1CCC(CNc2cc(Cl)ncc2C(=O)C2CC2)CC1. The maximum absolute atomic E-state index is 12.4. The van der Waals surface area contributed by atoms with Gasteiger partial charge in [0.2, 0.25) is 0 Å². The second kappa shape index (κ2) is 7.63. The molecule has 1 aromatic rings. The second-order valence-corrected chi connectivity index (χ2v) is 7.40. The third-order valence-corrected chi connectivity index (χ3v) is 5.33. The summed E-state index contributed by atoms with van der Waals surface area (Å²) in [7, 11) is 2.03. The summed E-state index contributed by atoms with van der Waals surface area (Å²) in [6.07, 6.45) is 8.74. The van der Waals surface area contributed by atoms with Gasteiger partial charge in [-0.25, -0.2) is 4.98 Å². The standard InChI is InChI=1S/C18H26ClN3O/c1-20-9-12-2-4-13(5-3-12)10-21-16-8-17(19)22-11-15(16)18(23)14-6-7-14/h8,11-14,20H,2-7,9-10H2,1H3,(H,21,22). The maximum Gasteiger partial charge on any atom is 0.169 e. The van der Waals surface area contributed by atoms with Crippen molar-refractivity contribution in [1.29, 1.82) is 0 Å². The molecule has 3 rings (SSSR count). The van der Waals surface area contributed by atoms with Gasteiger partial charge in [0.05, 0.1) is 5.56 Å². The van der Waals surface area contributed by atoms with Crippen LogP contribution in [0, 0.1) is 17.8 Å². The van der Waals surface area contributed by atoms with Gasteiger partial charge in [-0.3, -0.25) is 4.79 Å². The predicted octanol–water partition coefficient (Wildman–Crippen LogP) is 3.77. The molecule has 1 aromatic heterocycles. The molecule has 0 atom stereocenters. The van der Waals surface area contributed by atoms with Crippen molar-refractivity contribution in [2.45, 2.75) is 38.5 Å². The van der Waals surface area contributed by atoms with Crippen LogP contribution in [0.4, 0.5) is 5.69 Å². The number of Topliss-reactive ketones (excluding diaryl/α,β-unsaturated/α-hetero) is 1. The Morgan fingerprint density at radius 1 is 1.17 bits per heavy atom. The van der Waals surface area contributed by atoms with E-state index >= 15 is 0 Å². The number of anilines is 1. The summed E-state index contributed by atoms with van der Waals surface area (Å²) in [5, 5.41) is 7.19. The largest absolute Gasteiger partial charge is 0.384 e. The van der Waals surface area contributed by atoms with Crippen molar-refractivity contribution in [2.24, 2.45) is 17.8 Å². The molecule has 0 spiro atoms. The molecule has 2 N–H and O–H groups in total. The third-order valence-electron chi connectivity index (χ3n) is 5.12. The Kier molecular flexibility index (Phi) is 5.54. The van der Waals surface area contributed by atoms with Gasteiger partial charge in [0.25, 0.3) is 0 Å². The lowest BCUT2D eigenvalue weighted by atomic mass is 9.82. The quantitative estimate of drug-likeness (QED) is 0.588. The van der Waals surface area contributed by atoms with Gasteiger partial charge in [-0.2, -0.15) is 0 Å². The maximum atomic E-state index is 12.4. The summed E-state index contributed by atoms with van der Waals surface area (Å²) in [6.45, 7) is 2.04. The molecule has 0 aromatic carbocycles. The van der Waals surface area contributed by atoms with Gasteiger partial charge in [0.15, 0.2) is 5.78 Å². The van der Waals surface area contributed by atoms with E-state index in [2.05, 4.69) is 15.6 Å². The molecule has 2 aliphatic rings. The van der Waals surface area contributed by atoms with Crippen LogP contribution in [0.5, 0.6) is 0 Å². The van der Waals surface area contributed by atoms with Crippen LogP contribution in [0.3, 0.4) is 0 Å². The van der Waals surface area contributed by atoms with Crippen molar-refractivity contribution in [3.8, 4) is 0 Å². The average molecular weight is 336 g/mol. The zero-order valence-electron chi connectivity index (χ0n) is 13.8. The van der Waals surface area contributed by atoms with Crippen LogP contribution in [0.1, 0.15) is 48.9 Å². The van der Waals surface area contributed by atoms with E-state index in [0.717, 1.165) is 37.5 Å². The number of rotatable bonds is 7. The molecule has 0 unspecified atom stereocenters. The molecule has 1 heterocycles. The number of ketones is 1. The third kappa shape index (κ3) is 4.45. The van der Waals surface area contributed by atoms with Crippen molar-refractivity contribution in [2.75, 3.05) is 25.5 Å². The van der Waals surface area contributed by atoms with Crippen LogP contribution in [-0.2, 0) is 0 Å². The fraction of sp³-hybridized carbons (Fsp3) is 0.667. The van der Waals surface area contributed by atoms with Crippen molar-refractivity contribution < 1.29 is 4.79 Å². The number of pyridine rings is 1. The van der Waals surface area contributed by atoms with Gasteiger partial charge >= 0.3 is 0 Å². The van der Waals surface area contributed by atoms with Crippen molar-refractivity contribution in [3.05, 3.63) is 23.0 Å². The van der Waals surface area contributed by atoms with Crippen molar-refractivity contribution in [1.82, 2.24) is 10.3 Å². The molecular weight excluding hydrogens is 310 g/mol. The Labute approximate surface area is 143 Å². The Morgan fingerprint density at radius 2 is 1.83 bits per heavy atom. The Balaban J connectivity index is 1.57. The number of nitrogens with zero attached hydrogens (tertiary/aromatic N) is 1. The number of aromatic nitrogens is 1. The van der Waals surface area contributed by atoms with Crippen molar-refractivity contribution >= 4 is 23.1 Å². The topological polar surface area (TPSA) is 54.0 Å². The highest BCUT2D eigenvalue weighted by Crippen LogP contribution is 2.35. The minimum atomic E-state index is 0.204. The van der Waals surface area contributed by atoms with Gasteiger partial charge in [0, 0.05) is 24.3 Å². The molecule has 0 radical (unpaired) electrons. The van der Waals surface area contributed by atoms with Gasteiger partial charge in [-0.15, -0.1) is 0 Å². The summed E-state index contributed by atoms with van der Waals surface area (Å²) in [6, 6.07) is 1.80. The first-order valence-electron chi connectivity index (χ1n) is 8.75. The fourth-order valence-electron chi connectivity index (χ4n) is 3.52. The summed E-state index contributed by atoms with van der Waals surface area (Å²) in [5.41, 5.74) is 1.57. The number of halogens is 1. The number of nitrogens with one attached hydrogen (secondary N) is 2. The summed E-state index contributed by atoms with van der Waals surface area (Å²) >= 11 is 6.02. The first kappa shape index (κ1) is 16.7. The van der Waals surface area contributed by atoms with Gasteiger partial charge in [-0.05, 0) is 70.0 Å². The smallest absolute Gasteiger partial charge is 0.169 e. The fourth-order valence-corrected chi connectivity index (χ4v) is 3.68. The predicted molar refractivity (Wildman–Crippen MR) is 94.2 cm³/mol. The highest BCUT2D eigenvalue weighted by molar-refractivity contribution is 6.29. The Bertz CT molecular complexity index is 551. The van der Waals surface area contributed by atoms with Crippen LogP contribution in [0.2, 0.25) is 5.15 Å². The molecule has 2 fully saturated rings. The first-order chi connectivity index (χ1) is 11.2. The first-order valence-corrected chi connectivity index (χ1v) is 9.13. The lowest BCUT2D eigenvalue weighted by Crippen LogP contribution is -2.27. The molecule has 0 saturated heterocycles. The Morgan fingerprint density at radius 3 is 2.43 bits per heavy atom. The van der Waals surface area contributed by atoms with Gasteiger partial charge in [-0.1, -0.05) is 11.6 Å². The van der Waals surface area contributed by atoms with E-state index in [0.29, 0.717) is 16.6 Å². The van der Waals surface area contributed by atoms with E-state index in [1.807, 2.05) is 7.05 Å². The minimum Gasteiger partial charge on any atom is -0.384 e. The summed E-state index contributed by atoms with van der Waals surface area (Å²) in [4.78, 5) is 16.5. The lowest BCUT2D eigenvalue weighted by molar-refractivity contribution is 0.0968. The van der Waals surface area contributed by atoms with E-state index in [1.165, 1.54) is 25.7 Å². The number of carbonyl (C=O) groups is 1. The highest BCUT2D eigenvalue weighted by atomic mass is 35.5. The molecule has 5 heteroatoms. The van der Waals surface area contributed by atoms with E-state index in [9.17, 15) is 4.79 Å². The minimum absolute atomic E-state index is 0.204.